The van der Waals surface area contributed by atoms with Crippen LogP contribution >= 0.6 is 0 Å². The molecular formula is C11H16N2. The van der Waals surface area contributed by atoms with E-state index in [1.165, 1.54) is 16.8 Å². The molecule has 0 unspecified atom stereocenters. The van der Waals surface area contributed by atoms with Gasteiger partial charge in [-0.2, -0.15) is 0 Å². The van der Waals surface area contributed by atoms with Crippen LogP contribution < -0.4 is 11.1 Å². The number of anilines is 1. The lowest BCUT2D eigenvalue weighted by molar-refractivity contribution is 0.577. The molecule has 0 saturated carbocycles. The highest BCUT2D eigenvalue weighted by Crippen LogP contribution is 2.23. The van der Waals surface area contributed by atoms with Gasteiger partial charge in [0.05, 0.1) is 0 Å². The van der Waals surface area contributed by atoms with Crippen molar-refractivity contribution in [2.45, 2.75) is 25.3 Å². The van der Waals surface area contributed by atoms with E-state index < -0.39 is 0 Å². The SMILES string of the molecule is CNc1ccc2c(c1)CC[C@H](N)C2. The smallest absolute Gasteiger partial charge is 0.0340 e. The fourth-order valence-electron chi connectivity index (χ4n) is 1.94. The van der Waals surface area contributed by atoms with E-state index in [4.69, 9.17) is 5.73 Å². The topological polar surface area (TPSA) is 38.0 Å². The zero-order valence-corrected chi connectivity index (χ0v) is 8.01. The molecule has 1 aliphatic carbocycles. The number of fused-ring (bicyclic) bond motifs is 1. The summed E-state index contributed by atoms with van der Waals surface area (Å²) < 4.78 is 0. The molecule has 0 radical (unpaired) electrons. The van der Waals surface area contributed by atoms with Crippen LogP contribution in [0.15, 0.2) is 18.2 Å². The van der Waals surface area contributed by atoms with Gasteiger partial charge in [-0.05, 0) is 42.5 Å². The highest BCUT2D eigenvalue weighted by Gasteiger charge is 2.14. The van der Waals surface area contributed by atoms with Gasteiger partial charge in [-0.3, -0.25) is 0 Å². The van der Waals surface area contributed by atoms with Crippen LogP contribution in [0.25, 0.3) is 0 Å². The maximum Gasteiger partial charge on any atom is 0.0340 e. The molecule has 0 spiro atoms. The third-order valence-electron chi connectivity index (χ3n) is 2.76. The fraction of sp³-hybridized carbons (Fsp3) is 0.455. The van der Waals surface area contributed by atoms with E-state index in [1.54, 1.807) is 0 Å². The molecule has 1 aromatic carbocycles. The number of nitrogens with one attached hydrogen (secondary N) is 1. The van der Waals surface area contributed by atoms with Crippen molar-refractivity contribution in [3.8, 4) is 0 Å². The van der Waals surface area contributed by atoms with Gasteiger partial charge in [0, 0.05) is 18.8 Å². The second-order valence-electron chi connectivity index (χ2n) is 3.74. The average molecular weight is 176 g/mol. The summed E-state index contributed by atoms with van der Waals surface area (Å²) in [7, 11) is 1.95. The molecule has 1 aliphatic rings. The van der Waals surface area contributed by atoms with Crippen molar-refractivity contribution in [3.05, 3.63) is 29.3 Å². The van der Waals surface area contributed by atoms with Crippen LogP contribution in [0.2, 0.25) is 0 Å². The number of nitrogens with two attached hydrogens (primary N) is 1. The molecule has 0 saturated heterocycles. The number of hydrogen-bond acceptors (Lipinski definition) is 2. The van der Waals surface area contributed by atoms with Crippen LogP contribution in [0, 0.1) is 0 Å². The van der Waals surface area contributed by atoms with Crippen molar-refractivity contribution in [1.29, 1.82) is 0 Å². The minimum atomic E-state index is 0.368. The largest absolute Gasteiger partial charge is 0.388 e. The zero-order chi connectivity index (χ0) is 9.26. The average Bonchev–Trinajstić information content (AvgIpc) is 2.17. The first-order chi connectivity index (χ1) is 6.29. The lowest BCUT2D eigenvalue weighted by Crippen LogP contribution is -2.27. The summed E-state index contributed by atoms with van der Waals surface area (Å²) in [5, 5.41) is 3.16. The summed E-state index contributed by atoms with van der Waals surface area (Å²) >= 11 is 0. The quantitative estimate of drug-likeness (QED) is 0.681. The molecule has 13 heavy (non-hydrogen) atoms. The molecule has 2 rings (SSSR count). The minimum Gasteiger partial charge on any atom is -0.388 e. The van der Waals surface area contributed by atoms with Crippen LogP contribution in [0.3, 0.4) is 0 Å². The summed E-state index contributed by atoms with van der Waals surface area (Å²) in [5.74, 6) is 0. The second-order valence-corrected chi connectivity index (χ2v) is 3.74. The molecule has 3 N–H and O–H groups in total. The van der Waals surface area contributed by atoms with Crippen LogP contribution in [0.1, 0.15) is 17.5 Å². The molecule has 1 atom stereocenters. The molecule has 0 amide bonds. The van der Waals surface area contributed by atoms with Crippen molar-refractivity contribution in [2.24, 2.45) is 5.73 Å². The molecule has 1 aromatic rings. The van der Waals surface area contributed by atoms with Crippen LogP contribution in [0.4, 0.5) is 5.69 Å². The maximum atomic E-state index is 5.90. The lowest BCUT2D eigenvalue weighted by Gasteiger charge is -2.21. The maximum absolute atomic E-state index is 5.90. The Morgan fingerprint density at radius 1 is 1.38 bits per heavy atom. The summed E-state index contributed by atoms with van der Waals surface area (Å²) in [6, 6.07) is 6.92. The molecule has 0 bridgehead atoms. The lowest BCUT2D eigenvalue weighted by atomic mass is 9.88. The Labute approximate surface area is 79.1 Å². The van der Waals surface area contributed by atoms with Crippen LogP contribution in [0.5, 0.6) is 0 Å². The van der Waals surface area contributed by atoms with Gasteiger partial charge in [0.15, 0.2) is 0 Å². The number of benzene rings is 1. The highest BCUT2D eigenvalue weighted by atomic mass is 14.8. The van der Waals surface area contributed by atoms with Crippen molar-refractivity contribution < 1.29 is 0 Å². The summed E-state index contributed by atoms with van der Waals surface area (Å²) in [5.41, 5.74) is 10.0. The first-order valence-electron chi connectivity index (χ1n) is 4.84. The molecule has 0 aromatic heterocycles. The molecule has 0 heterocycles. The number of aryl methyl sites for hydroxylation is 1. The monoisotopic (exact) mass is 176 g/mol. The normalized spacial score (nSPS) is 20.9. The molecule has 2 heteroatoms. The molecule has 0 fully saturated rings. The summed E-state index contributed by atoms with van der Waals surface area (Å²) in [4.78, 5) is 0. The third kappa shape index (κ3) is 1.68. The molecular weight excluding hydrogens is 160 g/mol. The van der Waals surface area contributed by atoms with Gasteiger partial charge in [0.1, 0.15) is 0 Å². The summed E-state index contributed by atoms with van der Waals surface area (Å²) in [6.07, 6.45) is 3.30. The van der Waals surface area contributed by atoms with Gasteiger partial charge >= 0.3 is 0 Å². The van der Waals surface area contributed by atoms with E-state index >= 15 is 0 Å². The van der Waals surface area contributed by atoms with Crippen LogP contribution in [-0.2, 0) is 12.8 Å². The van der Waals surface area contributed by atoms with E-state index in [2.05, 4.69) is 23.5 Å². The van der Waals surface area contributed by atoms with Gasteiger partial charge in [-0.25, -0.2) is 0 Å². The van der Waals surface area contributed by atoms with Crippen molar-refractivity contribution in [2.75, 3.05) is 12.4 Å². The minimum absolute atomic E-state index is 0.368. The third-order valence-corrected chi connectivity index (χ3v) is 2.76. The number of hydrogen-bond donors (Lipinski definition) is 2. The summed E-state index contributed by atoms with van der Waals surface area (Å²) in [6.45, 7) is 0. The highest BCUT2D eigenvalue weighted by molar-refractivity contribution is 5.49. The standard InChI is InChI=1S/C11H16N2/c1-13-11-5-3-8-6-10(12)4-2-9(8)7-11/h3,5,7,10,13H,2,4,6,12H2,1H3/t10-/m0/s1. The van der Waals surface area contributed by atoms with Gasteiger partial charge in [0.25, 0.3) is 0 Å². The van der Waals surface area contributed by atoms with Crippen molar-refractivity contribution >= 4 is 5.69 Å². The van der Waals surface area contributed by atoms with Gasteiger partial charge in [-0.1, -0.05) is 6.07 Å². The van der Waals surface area contributed by atoms with E-state index in [0.29, 0.717) is 6.04 Å². The Hall–Kier alpha value is -1.02. The van der Waals surface area contributed by atoms with Gasteiger partial charge < -0.3 is 11.1 Å². The molecule has 70 valence electrons. The second kappa shape index (κ2) is 3.38. The zero-order valence-electron chi connectivity index (χ0n) is 8.01. The number of rotatable bonds is 1. The van der Waals surface area contributed by atoms with E-state index in [9.17, 15) is 0 Å². The van der Waals surface area contributed by atoms with E-state index in [0.717, 1.165) is 19.3 Å². The van der Waals surface area contributed by atoms with Crippen LogP contribution in [-0.4, -0.2) is 13.1 Å². The Kier molecular flexibility index (Phi) is 2.23. The molecule has 0 aliphatic heterocycles. The predicted octanol–water partition coefficient (Wildman–Crippen LogP) is 1.54. The first-order valence-corrected chi connectivity index (χ1v) is 4.84. The van der Waals surface area contributed by atoms with E-state index in [1.807, 2.05) is 7.05 Å². The Morgan fingerprint density at radius 2 is 2.23 bits per heavy atom. The van der Waals surface area contributed by atoms with Crippen molar-refractivity contribution in [3.63, 3.8) is 0 Å². The molecule has 2 nitrogen and oxygen atoms in total. The van der Waals surface area contributed by atoms with Crippen molar-refractivity contribution in [1.82, 2.24) is 0 Å². The van der Waals surface area contributed by atoms with Gasteiger partial charge in [-0.15, -0.1) is 0 Å². The Morgan fingerprint density at radius 3 is 3.00 bits per heavy atom. The first kappa shape index (κ1) is 8.57. The Bertz CT molecular complexity index is 307. The van der Waals surface area contributed by atoms with Gasteiger partial charge in [0.2, 0.25) is 0 Å². The Balaban J connectivity index is 2.31. The fourth-order valence-corrected chi connectivity index (χ4v) is 1.94. The predicted molar refractivity (Wildman–Crippen MR) is 56.0 cm³/mol. The van der Waals surface area contributed by atoms with E-state index in [-0.39, 0.29) is 0 Å².